The van der Waals surface area contributed by atoms with Crippen molar-refractivity contribution < 1.29 is 18.7 Å². The number of thioether (sulfide) groups is 1. The number of carbonyl (C=O) groups excluding carboxylic acids is 2. The molecule has 128 valence electrons. The molecule has 3 aliphatic rings. The summed E-state index contributed by atoms with van der Waals surface area (Å²) >= 11 is 1.44. The molecule has 1 N–H and O–H groups in total. The maximum absolute atomic E-state index is 14.1. The van der Waals surface area contributed by atoms with Crippen LogP contribution in [0.5, 0.6) is 0 Å². The molecule has 0 saturated carbocycles. The fourth-order valence-corrected chi connectivity index (χ4v) is 4.92. The number of fused-ring (bicyclic) bond motifs is 1. The molecular formula is C17H19FN2O3S. The molecule has 1 aromatic carbocycles. The van der Waals surface area contributed by atoms with E-state index in [1.54, 1.807) is 6.07 Å². The minimum Gasteiger partial charge on any atom is -0.381 e. The molecule has 3 heterocycles. The zero-order valence-electron chi connectivity index (χ0n) is 13.2. The summed E-state index contributed by atoms with van der Waals surface area (Å²) in [6.45, 7) is 1.21. The molecule has 0 spiro atoms. The van der Waals surface area contributed by atoms with Crippen LogP contribution in [0, 0.1) is 11.7 Å². The largest absolute Gasteiger partial charge is 0.381 e. The van der Waals surface area contributed by atoms with Gasteiger partial charge < -0.3 is 10.1 Å². The molecule has 5 nitrogen and oxygen atoms in total. The molecular weight excluding hydrogens is 331 g/mol. The third-order valence-electron chi connectivity index (χ3n) is 4.97. The summed E-state index contributed by atoms with van der Waals surface area (Å²) in [5.41, 5.74) is 0.732. The summed E-state index contributed by atoms with van der Waals surface area (Å²) < 4.78 is 19.5. The fraction of sp³-hybridized carbons (Fsp3) is 0.529. The van der Waals surface area contributed by atoms with Gasteiger partial charge in [-0.05, 0) is 30.9 Å². The first kappa shape index (κ1) is 15.9. The first-order valence-corrected chi connectivity index (χ1v) is 9.28. The quantitative estimate of drug-likeness (QED) is 0.833. The molecule has 0 bridgehead atoms. The monoisotopic (exact) mass is 350 g/mol. The van der Waals surface area contributed by atoms with E-state index in [0.29, 0.717) is 30.3 Å². The van der Waals surface area contributed by atoms with Gasteiger partial charge in [0.2, 0.25) is 0 Å². The van der Waals surface area contributed by atoms with Gasteiger partial charge in [0.1, 0.15) is 11.9 Å². The van der Waals surface area contributed by atoms with Crippen LogP contribution in [0.3, 0.4) is 0 Å². The van der Waals surface area contributed by atoms with E-state index in [1.165, 1.54) is 22.7 Å². The van der Waals surface area contributed by atoms with Crippen molar-refractivity contribution in [1.29, 1.82) is 0 Å². The minimum absolute atomic E-state index is 0.0187. The predicted molar refractivity (Wildman–Crippen MR) is 87.2 cm³/mol. The lowest BCUT2D eigenvalue weighted by molar-refractivity contribution is -0.131. The molecule has 0 aliphatic carbocycles. The Bertz CT molecular complexity index is 678. The van der Waals surface area contributed by atoms with Gasteiger partial charge in [0.15, 0.2) is 0 Å². The zero-order valence-corrected chi connectivity index (χ0v) is 14.0. The van der Waals surface area contributed by atoms with Gasteiger partial charge in [0.05, 0.1) is 12.6 Å². The van der Waals surface area contributed by atoms with Crippen molar-refractivity contribution in [3.63, 3.8) is 0 Å². The summed E-state index contributed by atoms with van der Waals surface area (Å²) in [6.07, 6.45) is 2.42. The standard InChI is InChI=1S/C17H19FN2O3S/c18-12-5-1-4-11-13(6-8-24-15(11)12)20-16(21)14(19-17(20)22)10-3-2-7-23-9-10/h1,4-5,10,13-14H,2-3,6-9H2,(H,19,22). The van der Waals surface area contributed by atoms with Crippen molar-refractivity contribution in [1.82, 2.24) is 10.2 Å². The first-order chi connectivity index (χ1) is 11.7. The Balaban J connectivity index is 1.62. The van der Waals surface area contributed by atoms with Crippen molar-refractivity contribution in [2.45, 2.75) is 36.2 Å². The third kappa shape index (κ3) is 2.59. The van der Waals surface area contributed by atoms with Gasteiger partial charge in [-0.15, -0.1) is 11.8 Å². The lowest BCUT2D eigenvalue weighted by Crippen LogP contribution is -2.41. The van der Waals surface area contributed by atoms with E-state index in [9.17, 15) is 14.0 Å². The van der Waals surface area contributed by atoms with Crippen LogP contribution in [0.2, 0.25) is 0 Å². The van der Waals surface area contributed by atoms with Gasteiger partial charge >= 0.3 is 6.03 Å². The van der Waals surface area contributed by atoms with Crippen LogP contribution in [-0.2, 0) is 9.53 Å². The van der Waals surface area contributed by atoms with Crippen molar-refractivity contribution in [3.05, 3.63) is 29.6 Å². The second kappa shape index (κ2) is 6.37. The molecule has 1 aromatic rings. The van der Waals surface area contributed by atoms with Gasteiger partial charge in [-0.2, -0.15) is 0 Å². The molecule has 0 aromatic heterocycles. The van der Waals surface area contributed by atoms with E-state index in [4.69, 9.17) is 4.74 Å². The Kier molecular flexibility index (Phi) is 4.22. The van der Waals surface area contributed by atoms with Crippen LogP contribution < -0.4 is 5.32 Å². The third-order valence-corrected chi connectivity index (χ3v) is 6.13. The molecule has 3 amide bonds. The van der Waals surface area contributed by atoms with Gasteiger partial charge in [0.25, 0.3) is 5.91 Å². The minimum atomic E-state index is -0.524. The summed E-state index contributed by atoms with van der Waals surface area (Å²) in [5.74, 6) is 0.214. The van der Waals surface area contributed by atoms with E-state index >= 15 is 0 Å². The number of urea groups is 1. The number of imide groups is 1. The second-order valence-corrected chi connectivity index (χ2v) is 7.53. The Morgan fingerprint density at radius 3 is 2.96 bits per heavy atom. The number of rotatable bonds is 2. The molecule has 3 atom stereocenters. The number of hydrogen-bond donors (Lipinski definition) is 1. The highest BCUT2D eigenvalue weighted by Gasteiger charge is 2.47. The van der Waals surface area contributed by atoms with Gasteiger partial charge in [0, 0.05) is 23.2 Å². The van der Waals surface area contributed by atoms with Gasteiger partial charge in [-0.3, -0.25) is 9.69 Å². The first-order valence-electron chi connectivity index (χ1n) is 8.29. The zero-order chi connectivity index (χ0) is 16.7. The van der Waals surface area contributed by atoms with Crippen LogP contribution in [0.4, 0.5) is 9.18 Å². The summed E-state index contributed by atoms with van der Waals surface area (Å²) in [6, 6.07) is 3.58. The predicted octanol–water partition coefficient (Wildman–Crippen LogP) is 2.71. The summed E-state index contributed by atoms with van der Waals surface area (Å²) in [4.78, 5) is 27.2. The lowest BCUT2D eigenvalue weighted by atomic mass is 9.93. The molecule has 4 rings (SSSR count). The number of carbonyl (C=O) groups is 2. The van der Waals surface area contributed by atoms with E-state index in [1.807, 2.05) is 6.07 Å². The van der Waals surface area contributed by atoms with E-state index in [2.05, 4.69) is 5.32 Å². The van der Waals surface area contributed by atoms with Crippen LogP contribution in [-0.4, -0.2) is 41.8 Å². The Morgan fingerprint density at radius 2 is 2.17 bits per heavy atom. The van der Waals surface area contributed by atoms with Crippen LogP contribution >= 0.6 is 11.8 Å². The number of nitrogens with one attached hydrogen (secondary N) is 1. The van der Waals surface area contributed by atoms with E-state index in [0.717, 1.165) is 18.4 Å². The average molecular weight is 350 g/mol. The highest BCUT2D eigenvalue weighted by atomic mass is 32.2. The molecule has 7 heteroatoms. The number of halogens is 1. The van der Waals surface area contributed by atoms with Crippen LogP contribution in [0.25, 0.3) is 0 Å². The Hall–Kier alpha value is -1.60. The lowest BCUT2D eigenvalue weighted by Gasteiger charge is -2.31. The number of ether oxygens (including phenoxy) is 1. The summed E-state index contributed by atoms with van der Waals surface area (Å²) in [7, 11) is 0. The summed E-state index contributed by atoms with van der Waals surface area (Å²) in [5, 5.41) is 2.82. The maximum Gasteiger partial charge on any atom is 0.325 e. The fourth-order valence-electron chi connectivity index (χ4n) is 3.79. The molecule has 24 heavy (non-hydrogen) atoms. The Labute approximate surface area is 143 Å². The number of benzene rings is 1. The molecule has 2 saturated heterocycles. The topological polar surface area (TPSA) is 58.6 Å². The van der Waals surface area contributed by atoms with Crippen molar-refractivity contribution in [2.24, 2.45) is 5.92 Å². The normalized spacial score (nSPS) is 30.2. The molecule has 3 unspecified atom stereocenters. The molecule has 3 aliphatic heterocycles. The van der Waals surface area contributed by atoms with Crippen molar-refractivity contribution >= 4 is 23.7 Å². The van der Waals surface area contributed by atoms with Crippen LogP contribution in [0.1, 0.15) is 30.9 Å². The molecule has 0 radical (unpaired) electrons. The number of amides is 3. The van der Waals surface area contributed by atoms with Crippen molar-refractivity contribution in [2.75, 3.05) is 19.0 Å². The van der Waals surface area contributed by atoms with Crippen molar-refractivity contribution in [3.8, 4) is 0 Å². The second-order valence-electron chi connectivity index (χ2n) is 6.42. The SMILES string of the molecule is O=C1NC(C2CCCOC2)C(=O)N1C1CCSc2c(F)cccc21. The average Bonchev–Trinajstić information content (AvgIpc) is 2.90. The van der Waals surface area contributed by atoms with E-state index in [-0.39, 0.29) is 29.7 Å². The van der Waals surface area contributed by atoms with Gasteiger partial charge in [-0.1, -0.05) is 12.1 Å². The number of hydrogen-bond acceptors (Lipinski definition) is 4. The highest BCUT2D eigenvalue weighted by molar-refractivity contribution is 7.99. The van der Waals surface area contributed by atoms with Gasteiger partial charge in [-0.25, -0.2) is 9.18 Å². The smallest absolute Gasteiger partial charge is 0.325 e. The number of nitrogens with zero attached hydrogens (tertiary/aromatic N) is 1. The maximum atomic E-state index is 14.1. The van der Waals surface area contributed by atoms with E-state index < -0.39 is 6.04 Å². The highest BCUT2D eigenvalue weighted by Crippen LogP contribution is 2.42. The Morgan fingerprint density at radius 1 is 1.29 bits per heavy atom. The van der Waals surface area contributed by atoms with Crippen LogP contribution in [0.15, 0.2) is 23.1 Å². The molecule has 2 fully saturated rings.